The van der Waals surface area contributed by atoms with Crippen molar-refractivity contribution >= 4 is 45.1 Å². The van der Waals surface area contributed by atoms with Crippen LogP contribution in [0.2, 0.25) is 5.02 Å². The number of thioether (sulfide) groups is 1. The van der Waals surface area contributed by atoms with Crippen LogP contribution in [0.1, 0.15) is 39.4 Å². The first kappa shape index (κ1) is 28.0. The number of ketones is 1. The van der Waals surface area contributed by atoms with Gasteiger partial charge in [0.05, 0.1) is 22.9 Å². The van der Waals surface area contributed by atoms with Crippen LogP contribution in [0.25, 0.3) is 5.69 Å². The average molecular weight is 596 g/mol. The van der Waals surface area contributed by atoms with Crippen molar-refractivity contribution in [1.82, 2.24) is 24.4 Å². The van der Waals surface area contributed by atoms with Crippen molar-refractivity contribution in [1.29, 1.82) is 0 Å². The Morgan fingerprint density at radius 1 is 0.900 bits per heavy atom. The number of halogens is 1. The number of carbonyl (C=O) groups is 2. The molecule has 4 aromatic rings. The molecular weight excluding hydrogens is 570 g/mol. The maximum Gasteiger partial charge on any atom is 0.251 e. The van der Waals surface area contributed by atoms with E-state index < -0.39 is 10.0 Å². The molecule has 0 saturated carbocycles. The minimum Gasteiger partial charge on any atom is -0.345 e. The van der Waals surface area contributed by atoms with E-state index in [4.69, 9.17) is 11.6 Å². The zero-order chi connectivity index (χ0) is 28.1. The van der Waals surface area contributed by atoms with Crippen LogP contribution in [0.4, 0.5) is 0 Å². The molecule has 5 rings (SSSR count). The van der Waals surface area contributed by atoms with Gasteiger partial charge >= 0.3 is 0 Å². The van der Waals surface area contributed by atoms with Gasteiger partial charge in [0, 0.05) is 29.2 Å². The van der Waals surface area contributed by atoms with Gasteiger partial charge in [0.1, 0.15) is 0 Å². The summed E-state index contributed by atoms with van der Waals surface area (Å²) < 4.78 is 28.8. The highest BCUT2D eigenvalue weighted by molar-refractivity contribution is 7.99. The van der Waals surface area contributed by atoms with Crippen LogP contribution < -0.4 is 5.32 Å². The van der Waals surface area contributed by atoms with Crippen molar-refractivity contribution in [2.75, 3.05) is 18.8 Å². The topological polar surface area (TPSA) is 114 Å². The molecule has 1 aliphatic heterocycles. The molecule has 2 heterocycles. The number of sulfonamides is 1. The first-order valence-corrected chi connectivity index (χ1v) is 15.4. The van der Waals surface area contributed by atoms with Gasteiger partial charge in [-0.2, -0.15) is 4.31 Å². The van der Waals surface area contributed by atoms with Crippen molar-refractivity contribution in [2.24, 2.45) is 0 Å². The third-order valence-corrected chi connectivity index (χ3v) is 9.50. The zero-order valence-electron chi connectivity index (χ0n) is 21.4. The lowest BCUT2D eigenvalue weighted by molar-refractivity contribution is 0.0948. The Hall–Kier alpha value is -3.51. The summed E-state index contributed by atoms with van der Waals surface area (Å²) in [6.45, 7) is 1.07. The third kappa shape index (κ3) is 6.28. The number of nitrogens with one attached hydrogen (secondary N) is 1. The smallest absolute Gasteiger partial charge is 0.251 e. The summed E-state index contributed by atoms with van der Waals surface area (Å²) in [5.41, 5.74) is 1.61. The van der Waals surface area contributed by atoms with E-state index in [2.05, 4.69) is 15.5 Å². The van der Waals surface area contributed by atoms with Crippen molar-refractivity contribution < 1.29 is 18.0 Å². The molecule has 0 atom stereocenters. The SMILES string of the molecule is O=C(CSc1nnc(CNC(=O)c2ccc(S(=O)(=O)N3CCCC3)cc2)n1-c1cccc(Cl)c1)c1ccccc1. The first-order chi connectivity index (χ1) is 19.3. The molecule has 0 bridgehead atoms. The van der Waals surface area contributed by atoms with E-state index in [1.165, 1.54) is 40.3 Å². The zero-order valence-corrected chi connectivity index (χ0v) is 23.8. The summed E-state index contributed by atoms with van der Waals surface area (Å²) in [6.07, 6.45) is 1.70. The Morgan fingerprint density at radius 2 is 1.62 bits per heavy atom. The molecule has 0 radical (unpaired) electrons. The molecule has 12 heteroatoms. The first-order valence-electron chi connectivity index (χ1n) is 12.6. The van der Waals surface area contributed by atoms with Crippen LogP contribution in [-0.4, -0.2) is 58.0 Å². The number of amides is 1. The second-order valence-corrected chi connectivity index (χ2v) is 12.4. The molecule has 3 aromatic carbocycles. The predicted molar refractivity (Wildman–Crippen MR) is 153 cm³/mol. The van der Waals surface area contributed by atoms with E-state index in [9.17, 15) is 18.0 Å². The lowest BCUT2D eigenvalue weighted by Crippen LogP contribution is -2.28. The molecule has 1 N–H and O–H groups in total. The maximum atomic E-state index is 12.9. The van der Waals surface area contributed by atoms with Crippen LogP contribution >= 0.6 is 23.4 Å². The van der Waals surface area contributed by atoms with E-state index in [1.807, 2.05) is 24.3 Å². The van der Waals surface area contributed by atoms with Crippen LogP contribution in [0.3, 0.4) is 0 Å². The van der Waals surface area contributed by atoms with Crippen LogP contribution in [-0.2, 0) is 16.6 Å². The van der Waals surface area contributed by atoms with Gasteiger partial charge in [0.25, 0.3) is 5.91 Å². The quantitative estimate of drug-likeness (QED) is 0.210. The fourth-order valence-corrected chi connectivity index (χ4v) is 6.90. The van der Waals surface area contributed by atoms with Crippen LogP contribution in [0, 0.1) is 0 Å². The Kier molecular flexibility index (Phi) is 8.65. The van der Waals surface area contributed by atoms with E-state index in [-0.39, 0.29) is 28.9 Å². The summed E-state index contributed by atoms with van der Waals surface area (Å²) in [5, 5.41) is 12.4. The second kappa shape index (κ2) is 12.3. The highest BCUT2D eigenvalue weighted by atomic mass is 35.5. The minimum absolute atomic E-state index is 0.0410. The molecule has 40 heavy (non-hydrogen) atoms. The largest absolute Gasteiger partial charge is 0.345 e. The van der Waals surface area contributed by atoms with Gasteiger partial charge in [-0.15, -0.1) is 10.2 Å². The van der Waals surface area contributed by atoms with E-state index in [0.29, 0.717) is 45.9 Å². The number of hydrogen-bond acceptors (Lipinski definition) is 7. The average Bonchev–Trinajstić information content (AvgIpc) is 3.66. The van der Waals surface area contributed by atoms with Crippen molar-refractivity contribution in [3.63, 3.8) is 0 Å². The van der Waals surface area contributed by atoms with Crippen LogP contribution in [0.15, 0.2) is 88.9 Å². The molecule has 1 saturated heterocycles. The van der Waals surface area contributed by atoms with Gasteiger partial charge in [-0.3, -0.25) is 14.2 Å². The summed E-state index contributed by atoms with van der Waals surface area (Å²) in [4.78, 5) is 25.7. The maximum absolute atomic E-state index is 12.9. The molecule has 206 valence electrons. The van der Waals surface area contributed by atoms with Gasteiger partial charge in [-0.05, 0) is 55.3 Å². The summed E-state index contributed by atoms with van der Waals surface area (Å²) >= 11 is 7.48. The Labute approximate surface area is 241 Å². The van der Waals surface area contributed by atoms with E-state index >= 15 is 0 Å². The summed E-state index contributed by atoms with van der Waals surface area (Å²) in [5.74, 6) is 0.163. The number of aromatic nitrogens is 3. The Morgan fingerprint density at radius 3 is 2.33 bits per heavy atom. The Bertz CT molecular complexity index is 1620. The van der Waals surface area contributed by atoms with Crippen LogP contribution in [0.5, 0.6) is 0 Å². The van der Waals surface area contributed by atoms with Crippen molar-refractivity contribution in [3.05, 3.63) is 101 Å². The number of carbonyl (C=O) groups excluding carboxylic acids is 2. The molecule has 0 aliphatic carbocycles. The predicted octanol–water partition coefficient (Wildman–Crippen LogP) is 4.61. The molecular formula is C28H26ClN5O4S2. The van der Waals surface area contributed by atoms with Gasteiger partial charge in [0.2, 0.25) is 10.0 Å². The number of benzene rings is 3. The van der Waals surface area contributed by atoms with E-state index in [0.717, 1.165) is 12.8 Å². The molecule has 1 aliphatic rings. The van der Waals surface area contributed by atoms with E-state index in [1.54, 1.807) is 34.9 Å². The summed E-state index contributed by atoms with van der Waals surface area (Å²) in [7, 11) is -3.56. The fourth-order valence-electron chi connectivity index (χ4n) is 4.34. The standard InChI is InChI=1S/C28H26ClN5O4S2/c29-22-9-6-10-23(17-22)34-26(31-32-28(34)39-19-25(35)20-7-2-1-3-8-20)18-30-27(36)21-11-13-24(14-12-21)40(37,38)33-15-4-5-16-33/h1-3,6-14,17H,4-5,15-16,18-19H2,(H,30,36). The van der Waals surface area contributed by atoms with Gasteiger partial charge < -0.3 is 5.32 Å². The van der Waals surface area contributed by atoms with Gasteiger partial charge in [0.15, 0.2) is 16.8 Å². The van der Waals surface area contributed by atoms with Crippen molar-refractivity contribution in [2.45, 2.75) is 29.4 Å². The number of rotatable bonds is 10. The Balaban J connectivity index is 1.31. The molecule has 1 aromatic heterocycles. The second-order valence-electron chi connectivity index (χ2n) is 9.11. The molecule has 1 amide bonds. The molecule has 9 nitrogen and oxygen atoms in total. The number of Topliss-reactive ketones (excluding diaryl/α,β-unsaturated/α-hetero) is 1. The normalized spacial score (nSPS) is 13.8. The van der Waals surface area contributed by atoms with Crippen molar-refractivity contribution in [3.8, 4) is 5.69 Å². The van der Waals surface area contributed by atoms with Gasteiger partial charge in [-0.25, -0.2) is 8.42 Å². The lowest BCUT2D eigenvalue weighted by Gasteiger charge is -2.15. The highest BCUT2D eigenvalue weighted by Gasteiger charge is 2.27. The number of hydrogen-bond donors (Lipinski definition) is 1. The third-order valence-electron chi connectivity index (χ3n) is 6.42. The molecule has 0 unspecified atom stereocenters. The lowest BCUT2D eigenvalue weighted by atomic mass is 10.2. The van der Waals surface area contributed by atoms with Gasteiger partial charge in [-0.1, -0.05) is 59.8 Å². The monoisotopic (exact) mass is 595 g/mol. The molecule has 0 spiro atoms. The highest BCUT2D eigenvalue weighted by Crippen LogP contribution is 2.25. The fraction of sp³-hybridized carbons (Fsp3) is 0.214. The number of nitrogens with zero attached hydrogens (tertiary/aromatic N) is 4. The minimum atomic E-state index is -3.56. The summed E-state index contributed by atoms with van der Waals surface area (Å²) in [6, 6.07) is 22.0. The molecule has 1 fully saturated rings.